The minimum absolute atomic E-state index is 0.260. The van der Waals surface area contributed by atoms with E-state index in [0.717, 1.165) is 22.5 Å². The van der Waals surface area contributed by atoms with Crippen molar-refractivity contribution in [3.8, 4) is 0 Å². The fourth-order valence-corrected chi connectivity index (χ4v) is 3.34. The molecule has 2 rings (SSSR count). The molecule has 0 radical (unpaired) electrons. The summed E-state index contributed by atoms with van der Waals surface area (Å²) in [5, 5.41) is 21.4. The average molecular weight is 386 g/mol. The number of allylic oxidation sites excluding steroid dienone is 8. The predicted octanol–water partition coefficient (Wildman–Crippen LogP) is 2.71. The summed E-state index contributed by atoms with van der Waals surface area (Å²) in [5.41, 5.74) is 4.30. The highest BCUT2D eigenvalue weighted by atomic mass is 16.3. The first-order valence-corrected chi connectivity index (χ1v) is 9.69. The fourth-order valence-electron chi connectivity index (χ4n) is 3.34. The molecule has 1 saturated carbocycles. The second kappa shape index (κ2) is 9.30. The summed E-state index contributed by atoms with van der Waals surface area (Å²) in [7, 11) is 9.89. The SMILES string of the molecule is CC1=CC(=CC2C(O)C(C=C(C=CN(C)C)C=CN(C)C)C2O)C=C(C)N1C. The molecule has 1 aliphatic heterocycles. The Labute approximate surface area is 169 Å². The lowest BCUT2D eigenvalue weighted by Gasteiger charge is -2.44. The lowest BCUT2D eigenvalue weighted by Crippen LogP contribution is -2.53. The van der Waals surface area contributed by atoms with Gasteiger partial charge in [-0.3, -0.25) is 0 Å². The van der Waals surface area contributed by atoms with Gasteiger partial charge < -0.3 is 24.9 Å². The van der Waals surface area contributed by atoms with E-state index in [-0.39, 0.29) is 11.8 Å². The highest BCUT2D eigenvalue weighted by Gasteiger charge is 2.46. The van der Waals surface area contributed by atoms with Crippen molar-refractivity contribution in [3.63, 3.8) is 0 Å². The van der Waals surface area contributed by atoms with E-state index >= 15 is 0 Å². The number of aliphatic hydroxyl groups is 2. The summed E-state index contributed by atoms with van der Waals surface area (Å²) in [6, 6.07) is 0. The van der Waals surface area contributed by atoms with Gasteiger partial charge in [-0.1, -0.05) is 12.2 Å². The molecule has 5 heteroatoms. The Kier molecular flexibility index (Phi) is 7.33. The summed E-state index contributed by atoms with van der Waals surface area (Å²) >= 11 is 0. The van der Waals surface area contributed by atoms with Crippen LogP contribution in [0.2, 0.25) is 0 Å². The number of hydrogen-bond acceptors (Lipinski definition) is 5. The third-order valence-corrected chi connectivity index (χ3v) is 5.29. The van der Waals surface area contributed by atoms with E-state index in [2.05, 4.69) is 30.9 Å². The van der Waals surface area contributed by atoms with E-state index in [1.807, 2.05) is 81.7 Å². The van der Waals surface area contributed by atoms with Crippen molar-refractivity contribution in [2.45, 2.75) is 26.1 Å². The molecule has 0 spiro atoms. The first-order valence-electron chi connectivity index (χ1n) is 9.69. The molecule has 0 bridgehead atoms. The van der Waals surface area contributed by atoms with Crippen LogP contribution in [0.4, 0.5) is 0 Å². The van der Waals surface area contributed by atoms with Gasteiger partial charge in [0.2, 0.25) is 0 Å². The van der Waals surface area contributed by atoms with E-state index < -0.39 is 12.2 Å². The van der Waals surface area contributed by atoms with Crippen molar-refractivity contribution in [2.24, 2.45) is 11.8 Å². The van der Waals surface area contributed by atoms with Crippen molar-refractivity contribution in [1.29, 1.82) is 0 Å². The first-order chi connectivity index (χ1) is 13.1. The third-order valence-electron chi connectivity index (χ3n) is 5.29. The molecule has 154 valence electrons. The normalized spacial score (nSPS) is 27.5. The molecule has 5 nitrogen and oxygen atoms in total. The number of aliphatic hydroxyl groups excluding tert-OH is 2. The lowest BCUT2D eigenvalue weighted by molar-refractivity contribution is -0.110. The van der Waals surface area contributed by atoms with E-state index in [4.69, 9.17) is 0 Å². The zero-order chi connectivity index (χ0) is 21.0. The zero-order valence-corrected chi connectivity index (χ0v) is 18.2. The Balaban J connectivity index is 2.19. The summed E-state index contributed by atoms with van der Waals surface area (Å²) in [4.78, 5) is 6.04. The van der Waals surface area contributed by atoms with Crippen LogP contribution in [0.15, 0.2) is 71.4 Å². The minimum atomic E-state index is -0.597. The largest absolute Gasteiger partial charge is 0.392 e. The van der Waals surface area contributed by atoms with Gasteiger partial charge >= 0.3 is 0 Å². The molecule has 0 aromatic carbocycles. The second-order valence-electron chi connectivity index (χ2n) is 8.16. The molecule has 2 aliphatic rings. The van der Waals surface area contributed by atoms with Gasteiger partial charge in [-0.25, -0.2) is 0 Å². The van der Waals surface area contributed by atoms with E-state index in [1.165, 1.54) is 0 Å². The quantitative estimate of drug-likeness (QED) is 0.689. The van der Waals surface area contributed by atoms with E-state index in [9.17, 15) is 10.2 Å². The Hall–Kier alpha value is -2.24. The van der Waals surface area contributed by atoms with Gasteiger partial charge in [0.25, 0.3) is 0 Å². The number of hydrogen-bond donors (Lipinski definition) is 2. The molecule has 0 saturated heterocycles. The van der Waals surface area contributed by atoms with Crippen LogP contribution in [0, 0.1) is 11.8 Å². The van der Waals surface area contributed by atoms with Crippen LogP contribution in [0.3, 0.4) is 0 Å². The van der Waals surface area contributed by atoms with E-state index in [1.54, 1.807) is 0 Å². The molecule has 2 N–H and O–H groups in total. The van der Waals surface area contributed by atoms with Gasteiger partial charge in [0.15, 0.2) is 0 Å². The molecule has 1 heterocycles. The number of rotatable bonds is 6. The second-order valence-corrected chi connectivity index (χ2v) is 8.16. The van der Waals surface area contributed by atoms with Crippen LogP contribution in [0.5, 0.6) is 0 Å². The maximum Gasteiger partial charge on any atom is 0.0716 e. The molecule has 0 aromatic rings. The highest BCUT2D eigenvalue weighted by molar-refractivity contribution is 5.41. The Morgan fingerprint density at radius 2 is 1.36 bits per heavy atom. The van der Waals surface area contributed by atoms with Crippen molar-refractivity contribution in [2.75, 3.05) is 35.2 Å². The van der Waals surface area contributed by atoms with Gasteiger partial charge in [0.05, 0.1) is 12.2 Å². The smallest absolute Gasteiger partial charge is 0.0716 e. The average Bonchev–Trinajstić information content (AvgIpc) is 2.62. The summed E-state index contributed by atoms with van der Waals surface area (Å²) < 4.78 is 0. The third kappa shape index (κ3) is 5.40. The first kappa shape index (κ1) is 22.1. The molecule has 0 aromatic heterocycles. The van der Waals surface area contributed by atoms with Crippen LogP contribution in [-0.2, 0) is 0 Å². The van der Waals surface area contributed by atoms with Crippen LogP contribution in [0.1, 0.15) is 13.8 Å². The van der Waals surface area contributed by atoms with Crippen LogP contribution < -0.4 is 0 Å². The summed E-state index contributed by atoms with van der Waals surface area (Å²) in [6.07, 6.45) is 14.8. The van der Waals surface area contributed by atoms with Crippen molar-refractivity contribution in [3.05, 3.63) is 71.4 Å². The van der Waals surface area contributed by atoms with Gasteiger partial charge in [-0.15, -0.1) is 0 Å². The summed E-state index contributed by atoms with van der Waals surface area (Å²) in [5.74, 6) is -0.540. The Morgan fingerprint density at radius 3 is 1.79 bits per heavy atom. The zero-order valence-electron chi connectivity index (χ0n) is 18.2. The molecule has 0 amide bonds. The molecule has 2 unspecified atom stereocenters. The number of nitrogens with zero attached hydrogens (tertiary/aromatic N) is 3. The fraction of sp³-hybridized carbons (Fsp3) is 0.478. The topological polar surface area (TPSA) is 50.2 Å². The Morgan fingerprint density at radius 1 is 0.893 bits per heavy atom. The minimum Gasteiger partial charge on any atom is -0.392 e. The Bertz CT molecular complexity index is 689. The summed E-state index contributed by atoms with van der Waals surface area (Å²) in [6.45, 7) is 4.12. The van der Waals surface area contributed by atoms with Crippen LogP contribution in [-0.4, -0.2) is 72.4 Å². The molecular weight excluding hydrogens is 350 g/mol. The highest BCUT2D eigenvalue weighted by Crippen LogP contribution is 2.39. The molecule has 1 fully saturated rings. The molecule has 1 aliphatic carbocycles. The van der Waals surface area contributed by atoms with Crippen molar-refractivity contribution >= 4 is 0 Å². The molecule has 28 heavy (non-hydrogen) atoms. The van der Waals surface area contributed by atoms with Crippen LogP contribution in [0.25, 0.3) is 0 Å². The standard InChI is InChI=1S/C23H35N3O2/c1-16-12-19(13-17(2)26(16)7)15-21-22(27)20(23(21)28)14-18(8-10-24(3)4)9-11-25(5)6/h8-15,20-23,27-28H,1-7H3. The van der Waals surface area contributed by atoms with E-state index in [0.29, 0.717) is 0 Å². The van der Waals surface area contributed by atoms with Gasteiger partial charge in [-0.2, -0.15) is 0 Å². The molecule has 2 atom stereocenters. The van der Waals surface area contributed by atoms with Gasteiger partial charge in [0, 0.05) is 58.5 Å². The predicted molar refractivity (Wildman–Crippen MR) is 116 cm³/mol. The maximum atomic E-state index is 10.7. The van der Waals surface area contributed by atoms with Crippen LogP contribution >= 0.6 is 0 Å². The van der Waals surface area contributed by atoms with Crippen molar-refractivity contribution in [1.82, 2.24) is 14.7 Å². The van der Waals surface area contributed by atoms with Crippen molar-refractivity contribution < 1.29 is 10.2 Å². The maximum absolute atomic E-state index is 10.7. The lowest BCUT2D eigenvalue weighted by atomic mass is 9.67. The molecular formula is C23H35N3O2. The van der Waals surface area contributed by atoms with Gasteiger partial charge in [0.1, 0.15) is 0 Å². The van der Waals surface area contributed by atoms with Gasteiger partial charge in [-0.05, 0) is 61.7 Å². The monoisotopic (exact) mass is 385 g/mol.